The van der Waals surface area contributed by atoms with E-state index < -0.39 is 15.3 Å². The zero-order chi connectivity index (χ0) is 17.9. The number of hydrogen-bond donors (Lipinski definition) is 0. The largest absolute Gasteiger partial charge is 0.369 e. The molecule has 2 unspecified atom stereocenters. The summed E-state index contributed by atoms with van der Waals surface area (Å²) in [7, 11) is -3.41. The van der Waals surface area contributed by atoms with E-state index in [2.05, 4.69) is 17.6 Å². The van der Waals surface area contributed by atoms with Crippen molar-refractivity contribution >= 4 is 15.7 Å². The van der Waals surface area contributed by atoms with Crippen LogP contribution in [0.5, 0.6) is 0 Å². The molecule has 1 saturated heterocycles. The number of sulfonamides is 1. The molecule has 1 aliphatic carbocycles. The molecular formula is C19H25FN2O2S. The molecule has 6 heteroatoms. The molecule has 136 valence electrons. The summed E-state index contributed by atoms with van der Waals surface area (Å²) >= 11 is 0. The Morgan fingerprint density at radius 3 is 2.40 bits per heavy atom. The SMILES string of the molecule is C=CC(C1C=CCCC1)S(=O)(=O)N1CCN(c2ccc(F)cc2)CC1. The van der Waals surface area contributed by atoms with E-state index in [1.54, 1.807) is 22.5 Å². The topological polar surface area (TPSA) is 40.6 Å². The van der Waals surface area contributed by atoms with E-state index in [-0.39, 0.29) is 11.7 Å². The van der Waals surface area contributed by atoms with Gasteiger partial charge in [-0.15, -0.1) is 6.58 Å². The van der Waals surface area contributed by atoms with Crippen LogP contribution in [0.4, 0.5) is 10.1 Å². The van der Waals surface area contributed by atoms with Gasteiger partial charge in [-0.25, -0.2) is 12.8 Å². The van der Waals surface area contributed by atoms with Gasteiger partial charge < -0.3 is 4.90 Å². The maximum atomic E-state index is 13.1. The molecule has 1 aliphatic heterocycles. The summed E-state index contributed by atoms with van der Waals surface area (Å²) in [4.78, 5) is 2.09. The minimum atomic E-state index is -3.41. The molecule has 4 nitrogen and oxygen atoms in total. The lowest BCUT2D eigenvalue weighted by Crippen LogP contribution is -2.52. The van der Waals surface area contributed by atoms with Gasteiger partial charge in [0.25, 0.3) is 0 Å². The van der Waals surface area contributed by atoms with Crippen molar-refractivity contribution in [3.63, 3.8) is 0 Å². The van der Waals surface area contributed by atoms with Crippen LogP contribution in [0, 0.1) is 11.7 Å². The van der Waals surface area contributed by atoms with Crippen LogP contribution in [0.25, 0.3) is 0 Å². The monoisotopic (exact) mass is 364 g/mol. The van der Waals surface area contributed by atoms with Crippen molar-refractivity contribution in [1.29, 1.82) is 0 Å². The van der Waals surface area contributed by atoms with Gasteiger partial charge in [0, 0.05) is 31.9 Å². The molecule has 1 fully saturated rings. The predicted octanol–water partition coefficient (Wildman–Crippen LogP) is 3.19. The third-order valence-electron chi connectivity index (χ3n) is 5.08. The first kappa shape index (κ1) is 18.1. The number of nitrogens with zero attached hydrogens (tertiary/aromatic N) is 2. The highest BCUT2D eigenvalue weighted by molar-refractivity contribution is 7.89. The number of rotatable bonds is 5. The summed E-state index contributed by atoms with van der Waals surface area (Å²) in [5.74, 6) is -0.245. The molecule has 0 amide bonds. The van der Waals surface area contributed by atoms with E-state index in [1.165, 1.54) is 12.1 Å². The molecule has 3 rings (SSSR count). The number of piperazine rings is 1. The van der Waals surface area contributed by atoms with Gasteiger partial charge in [0.15, 0.2) is 0 Å². The average Bonchev–Trinajstić information content (AvgIpc) is 2.64. The van der Waals surface area contributed by atoms with Crippen molar-refractivity contribution in [2.24, 2.45) is 5.92 Å². The van der Waals surface area contributed by atoms with E-state index in [9.17, 15) is 12.8 Å². The Kier molecular flexibility index (Phi) is 5.59. The van der Waals surface area contributed by atoms with Crippen molar-refractivity contribution in [1.82, 2.24) is 4.31 Å². The third-order valence-corrected chi connectivity index (χ3v) is 7.39. The fraction of sp³-hybridized carbons (Fsp3) is 0.474. The van der Waals surface area contributed by atoms with Gasteiger partial charge in [-0.3, -0.25) is 0 Å². The van der Waals surface area contributed by atoms with Crippen molar-refractivity contribution in [2.45, 2.75) is 24.5 Å². The Balaban J connectivity index is 1.68. The molecule has 1 aromatic carbocycles. The van der Waals surface area contributed by atoms with Gasteiger partial charge >= 0.3 is 0 Å². The molecule has 2 atom stereocenters. The summed E-state index contributed by atoms with van der Waals surface area (Å²) < 4.78 is 40.8. The zero-order valence-electron chi connectivity index (χ0n) is 14.4. The Bertz CT molecular complexity index is 722. The number of halogens is 1. The lowest BCUT2D eigenvalue weighted by atomic mass is 9.93. The predicted molar refractivity (Wildman–Crippen MR) is 99.6 cm³/mol. The Hall–Kier alpha value is -1.66. The molecule has 0 bridgehead atoms. The minimum Gasteiger partial charge on any atom is -0.369 e. The number of hydrogen-bond acceptors (Lipinski definition) is 3. The van der Waals surface area contributed by atoms with Crippen LogP contribution in [0.2, 0.25) is 0 Å². The quantitative estimate of drug-likeness (QED) is 0.754. The van der Waals surface area contributed by atoms with Crippen LogP contribution in [0.15, 0.2) is 49.1 Å². The van der Waals surface area contributed by atoms with Crippen LogP contribution in [-0.2, 0) is 10.0 Å². The van der Waals surface area contributed by atoms with Crippen LogP contribution in [0.3, 0.4) is 0 Å². The first-order chi connectivity index (χ1) is 12.0. The summed E-state index contributed by atoms with van der Waals surface area (Å²) in [5, 5.41) is -0.554. The lowest BCUT2D eigenvalue weighted by Gasteiger charge is -2.38. The molecule has 0 spiro atoms. The summed E-state index contributed by atoms with van der Waals surface area (Å²) in [6.07, 6.45) is 8.63. The molecule has 2 aliphatic rings. The fourth-order valence-electron chi connectivity index (χ4n) is 3.65. The molecular weight excluding hydrogens is 339 g/mol. The van der Waals surface area contributed by atoms with Gasteiger partial charge in [0.05, 0.1) is 5.25 Å². The highest BCUT2D eigenvalue weighted by Gasteiger charge is 2.36. The smallest absolute Gasteiger partial charge is 0.221 e. The second kappa shape index (κ2) is 7.70. The molecule has 0 N–H and O–H groups in total. The zero-order valence-corrected chi connectivity index (χ0v) is 15.2. The maximum absolute atomic E-state index is 13.1. The highest BCUT2D eigenvalue weighted by atomic mass is 32.2. The van der Waals surface area contributed by atoms with Gasteiger partial charge in [-0.05, 0) is 49.4 Å². The number of allylic oxidation sites excluding steroid dienone is 2. The van der Waals surface area contributed by atoms with E-state index in [0.717, 1.165) is 24.9 Å². The van der Waals surface area contributed by atoms with Crippen LogP contribution in [-0.4, -0.2) is 44.2 Å². The number of benzene rings is 1. The van der Waals surface area contributed by atoms with E-state index in [4.69, 9.17) is 0 Å². The van der Waals surface area contributed by atoms with Gasteiger partial charge in [-0.1, -0.05) is 18.2 Å². The van der Waals surface area contributed by atoms with Crippen molar-refractivity contribution in [2.75, 3.05) is 31.1 Å². The van der Waals surface area contributed by atoms with Gasteiger partial charge in [0.2, 0.25) is 10.0 Å². The molecule has 1 heterocycles. The Labute approximate surface area is 149 Å². The van der Waals surface area contributed by atoms with Gasteiger partial charge in [0.1, 0.15) is 5.82 Å². The molecule has 1 aromatic rings. The maximum Gasteiger partial charge on any atom is 0.221 e. The molecule has 0 saturated carbocycles. The second-order valence-electron chi connectivity index (χ2n) is 6.63. The summed E-state index contributed by atoms with van der Waals surface area (Å²) in [5.41, 5.74) is 0.925. The lowest BCUT2D eigenvalue weighted by molar-refractivity contribution is 0.374. The first-order valence-electron chi connectivity index (χ1n) is 8.81. The average molecular weight is 364 g/mol. The van der Waals surface area contributed by atoms with E-state index in [1.807, 2.05) is 6.08 Å². The van der Waals surface area contributed by atoms with Gasteiger partial charge in [-0.2, -0.15) is 4.31 Å². The minimum absolute atomic E-state index is 0.0198. The number of anilines is 1. The van der Waals surface area contributed by atoms with Crippen LogP contribution < -0.4 is 4.90 Å². The van der Waals surface area contributed by atoms with Crippen LogP contribution in [0.1, 0.15) is 19.3 Å². The molecule has 0 radical (unpaired) electrons. The second-order valence-corrected chi connectivity index (χ2v) is 8.72. The van der Waals surface area contributed by atoms with E-state index >= 15 is 0 Å². The summed E-state index contributed by atoms with van der Waals surface area (Å²) in [6, 6.07) is 6.33. The van der Waals surface area contributed by atoms with Crippen LogP contribution >= 0.6 is 0 Å². The first-order valence-corrected chi connectivity index (χ1v) is 10.3. The fourth-order valence-corrected chi connectivity index (χ4v) is 5.58. The van der Waals surface area contributed by atoms with Crippen molar-refractivity contribution in [3.05, 3.63) is 54.9 Å². The Morgan fingerprint density at radius 2 is 1.84 bits per heavy atom. The standard InChI is InChI=1S/C19H25FN2O2S/c1-2-19(16-6-4-3-5-7-16)25(23,24)22-14-12-21(13-15-22)18-10-8-17(20)9-11-18/h2,4,6,8-11,16,19H,1,3,5,7,12-15H2. The molecule has 0 aromatic heterocycles. The Morgan fingerprint density at radius 1 is 1.16 bits per heavy atom. The normalized spacial score (nSPS) is 23.4. The third kappa shape index (κ3) is 3.96. The molecule has 25 heavy (non-hydrogen) atoms. The summed E-state index contributed by atoms with van der Waals surface area (Å²) in [6.45, 7) is 5.89. The highest BCUT2D eigenvalue weighted by Crippen LogP contribution is 2.28. The van der Waals surface area contributed by atoms with E-state index in [0.29, 0.717) is 26.2 Å². The van der Waals surface area contributed by atoms with Crippen molar-refractivity contribution in [3.8, 4) is 0 Å². The van der Waals surface area contributed by atoms with Crippen molar-refractivity contribution < 1.29 is 12.8 Å².